The van der Waals surface area contributed by atoms with Crippen LogP contribution in [0.2, 0.25) is 0 Å². The molecule has 176 valence electrons. The van der Waals surface area contributed by atoms with Gasteiger partial charge in [0.25, 0.3) is 0 Å². The zero-order chi connectivity index (χ0) is 23.1. The third-order valence-electron chi connectivity index (χ3n) is 5.87. The second-order valence-electron chi connectivity index (χ2n) is 8.23. The van der Waals surface area contributed by atoms with Crippen molar-refractivity contribution in [2.75, 3.05) is 13.2 Å². The number of hydrogen-bond donors (Lipinski definition) is 0. The summed E-state index contributed by atoms with van der Waals surface area (Å²) >= 11 is 0. The summed E-state index contributed by atoms with van der Waals surface area (Å²) in [5.74, 6) is -2.62. The van der Waals surface area contributed by atoms with Gasteiger partial charge in [0.2, 0.25) is 11.6 Å². The first-order chi connectivity index (χ1) is 15.3. The monoisotopic (exact) mass is 454 g/mol. The molecule has 2 aromatic carbocycles. The van der Waals surface area contributed by atoms with E-state index in [0.29, 0.717) is 5.92 Å². The Morgan fingerprint density at radius 1 is 0.844 bits per heavy atom. The van der Waals surface area contributed by atoms with Crippen LogP contribution in [0.1, 0.15) is 63.9 Å². The van der Waals surface area contributed by atoms with Crippen LogP contribution in [-0.2, 0) is 0 Å². The van der Waals surface area contributed by atoms with Gasteiger partial charge in [-0.25, -0.2) is 0 Å². The van der Waals surface area contributed by atoms with Crippen LogP contribution in [0.4, 0.5) is 17.6 Å². The maximum absolute atomic E-state index is 14.2. The molecular weight excluding hydrogens is 424 g/mol. The molecule has 0 bridgehead atoms. The van der Waals surface area contributed by atoms with Gasteiger partial charge in [-0.2, -0.15) is 17.6 Å². The van der Waals surface area contributed by atoms with Gasteiger partial charge in [0.05, 0.1) is 6.61 Å². The van der Waals surface area contributed by atoms with E-state index in [9.17, 15) is 17.6 Å². The Balaban J connectivity index is 1.54. The smallest absolute Gasteiger partial charge is 0.433 e. The predicted molar refractivity (Wildman–Crippen MR) is 115 cm³/mol. The van der Waals surface area contributed by atoms with Crippen molar-refractivity contribution >= 4 is 0 Å². The molecule has 32 heavy (non-hydrogen) atoms. The van der Waals surface area contributed by atoms with E-state index in [0.717, 1.165) is 30.9 Å². The van der Waals surface area contributed by atoms with Crippen molar-refractivity contribution in [1.82, 2.24) is 0 Å². The second-order valence-corrected chi connectivity index (χ2v) is 8.23. The number of ether oxygens (including phenoxy) is 3. The number of halogens is 4. The minimum Gasteiger partial charge on any atom is -0.491 e. The van der Waals surface area contributed by atoms with Crippen LogP contribution in [0.5, 0.6) is 17.2 Å². The van der Waals surface area contributed by atoms with Gasteiger partial charge in [-0.1, -0.05) is 31.9 Å². The summed E-state index contributed by atoms with van der Waals surface area (Å²) in [5, 5.41) is 0. The Hall–Kier alpha value is -2.44. The van der Waals surface area contributed by atoms with Crippen LogP contribution in [0.3, 0.4) is 0 Å². The standard InChI is InChI=1S/C25H30F4O3/c1-3-5-17-6-8-18(9-7-17)19-10-12-20(13-11-19)31-16-25(28,29)32-22-15-14-21(30-4-2)23(26)24(22)27/h10-15,17-18H,3-9,16H2,1-2H3. The highest BCUT2D eigenvalue weighted by atomic mass is 19.3. The highest BCUT2D eigenvalue weighted by Gasteiger charge is 2.35. The molecule has 0 aliphatic heterocycles. The lowest BCUT2D eigenvalue weighted by molar-refractivity contribution is -0.196. The maximum atomic E-state index is 14.2. The molecule has 1 aliphatic carbocycles. The molecule has 0 spiro atoms. The average molecular weight is 455 g/mol. The molecule has 1 aliphatic rings. The SMILES string of the molecule is CCCC1CCC(c2ccc(OCC(F)(F)Oc3ccc(OCC)c(F)c3F)cc2)CC1. The highest BCUT2D eigenvalue weighted by molar-refractivity contribution is 5.35. The van der Waals surface area contributed by atoms with Crippen molar-refractivity contribution in [3.63, 3.8) is 0 Å². The van der Waals surface area contributed by atoms with Crippen molar-refractivity contribution in [2.45, 2.75) is 64.4 Å². The Kier molecular flexibility index (Phi) is 8.26. The van der Waals surface area contributed by atoms with Crippen molar-refractivity contribution in [2.24, 2.45) is 5.92 Å². The van der Waals surface area contributed by atoms with E-state index < -0.39 is 30.1 Å². The van der Waals surface area contributed by atoms with E-state index in [4.69, 9.17) is 9.47 Å². The average Bonchev–Trinajstić information content (AvgIpc) is 2.79. The molecule has 0 atom stereocenters. The summed E-state index contributed by atoms with van der Waals surface area (Å²) in [7, 11) is 0. The van der Waals surface area contributed by atoms with E-state index in [1.165, 1.54) is 31.2 Å². The third-order valence-corrected chi connectivity index (χ3v) is 5.87. The van der Waals surface area contributed by atoms with Gasteiger partial charge >= 0.3 is 6.11 Å². The summed E-state index contributed by atoms with van der Waals surface area (Å²) in [6.07, 6.45) is 3.38. The molecular formula is C25H30F4O3. The van der Waals surface area contributed by atoms with Crippen LogP contribution >= 0.6 is 0 Å². The molecule has 0 N–H and O–H groups in total. The largest absolute Gasteiger partial charge is 0.491 e. The van der Waals surface area contributed by atoms with Gasteiger partial charge < -0.3 is 14.2 Å². The Labute approximate surface area is 186 Å². The maximum Gasteiger partial charge on any atom is 0.433 e. The van der Waals surface area contributed by atoms with Gasteiger partial charge in [-0.05, 0) is 74.3 Å². The Morgan fingerprint density at radius 2 is 1.47 bits per heavy atom. The van der Waals surface area contributed by atoms with E-state index in [2.05, 4.69) is 11.7 Å². The Bertz CT molecular complexity index is 862. The lowest BCUT2D eigenvalue weighted by Gasteiger charge is -2.28. The Morgan fingerprint density at radius 3 is 2.09 bits per heavy atom. The minimum atomic E-state index is -3.85. The quantitative estimate of drug-likeness (QED) is 0.348. The molecule has 0 saturated heterocycles. The summed E-state index contributed by atoms with van der Waals surface area (Å²) in [5.41, 5.74) is 1.18. The van der Waals surface area contributed by atoms with Gasteiger partial charge in [0.15, 0.2) is 18.1 Å². The first-order valence-corrected chi connectivity index (χ1v) is 11.2. The summed E-state index contributed by atoms with van der Waals surface area (Å²) < 4.78 is 70.6. The van der Waals surface area contributed by atoms with E-state index in [1.807, 2.05) is 12.1 Å². The molecule has 3 nitrogen and oxygen atoms in total. The summed E-state index contributed by atoms with van der Waals surface area (Å²) in [4.78, 5) is 0. The normalized spacial score (nSPS) is 18.9. The molecule has 7 heteroatoms. The molecule has 0 amide bonds. The predicted octanol–water partition coefficient (Wildman–Crippen LogP) is 7.49. The molecule has 0 heterocycles. The fourth-order valence-corrected chi connectivity index (χ4v) is 4.25. The number of rotatable bonds is 10. The number of benzene rings is 2. The van der Waals surface area contributed by atoms with Crippen LogP contribution in [0, 0.1) is 17.6 Å². The molecule has 0 unspecified atom stereocenters. The second kappa shape index (κ2) is 10.9. The molecule has 3 rings (SSSR count). The van der Waals surface area contributed by atoms with E-state index in [1.54, 1.807) is 19.1 Å². The van der Waals surface area contributed by atoms with Crippen molar-refractivity contribution in [3.05, 3.63) is 53.6 Å². The molecule has 0 aromatic heterocycles. The van der Waals surface area contributed by atoms with Gasteiger partial charge in [0, 0.05) is 0 Å². The summed E-state index contributed by atoms with van der Waals surface area (Å²) in [6.45, 7) is 2.78. The third kappa shape index (κ3) is 6.30. The molecule has 0 radical (unpaired) electrons. The summed E-state index contributed by atoms with van der Waals surface area (Å²) in [6, 6.07) is 9.06. The fraction of sp³-hybridized carbons (Fsp3) is 0.520. The van der Waals surface area contributed by atoms with Crippen LogP contribution in [-0.4, -0.2) is 19.3 Å². The lowest BCUT2D eigenvalue weighted by atomic mass is 9.77. The fourth-order valence-electron chi connectivity index (χ4n) is 4.25. The molecule has 2 aromatic rings. The first-order valence-electron chi connectivity index (χ1n) is 11.2. The number of alkyl halides is 2. The first kappa shape index (κ1) is 24.2. The van der Waals surface area contributed by atoms with Gasteiger partial charge in [0.1, 0.15) is 5.75 Å². The zero-order valence-electron chi connectivity index (χ0n) is 18.5. The zero-order valence-corrected chi connectivity index (χ0v) is 18.5. The highest BCUT2D eigenvalue weighted by Crippen LogP contribution is 2.38. The van der Waals surface area contributed by atoms with Gasteiger partial charge in [-0.3, -0.25) is 0 Å². The van der Waals surface area contributed by atoms with E-state index in [-0.39, 0.29) is 18.1 Å². The number of hydrogen-bond acceptors (Lipinski definition) is 3. The van der Waals surface area contributed by atoms with Crippen molar-refractivity contribution in [3.8, 4) is 17.2 Å². The van der Waals surface area contributed by atoms with Gasteiger partial charge in [-0.15, -0.1) is 0 Å². The van der Waals surface area contributed by atoms with Crippen LogP contribution < -0.4 is 14.2 Å². The van der Waals surface area contributed by atoms with Crippen molar-refractivity contribution < 1.29 is 31.8 Å². The topological polar surface area (TPSA) is 27.7 Å². The lowest BCUT2D eigenvalue weighted by Crippen LogP contribution is -2.33. The van der Waals surface area contributed by atoms with Crippen molar-refractivity contribution in [1.29, 1.82) is 0 Å². The van der Waals surface area contributed by atoms with Crippen LogP contribution in [0.15, 0.2) is 36.4 Å². The van der Waals surface area contributed by atoms with E-state index >= 15 is 0 Å². The molecule has 1 saturated carbocycles. The van der Waals surface area contributed by atoms with Crippen LogP contribution in [0.25, 0.3) is 0 Å². The minimum absolute atomic E-state index is 0.111. The molecule has 1 fully saturated rings.